The summed E-state index contributed by atoms with van der Waals surface area (Å²) in [5.41, 5.74) is 0. The van der Waals surface area contributed by atoms with Gasteiger partial charge in [0, 0.05) is 12.3 Å². The van der Waals surface area contributed by atoms with Gasteiger partial charge in [0.1, 0.15) is 5.78 Å². The highest BCUT2D eigenvalue weighted by Gasteiger charge is 2.15. The average molecular weight is 200 g/mol. The zero-order valence-corrected chi connectivity index (χ0v) is 9.50. The number of carbonyl (C=O) groups excluding carboxylic acids is 2. The molecule has 3 heteroatoms. The van der Waals surface area contributed by atoms with Crippen LogP contribution in [0.4, 0.5) is 0 Å². The second-order valence-electron chi connectivity index (χ2n) is 4.07. The molecule has 0 saturated heterocycles. The van der Waals surface area contributed by atoms with E-state index in [4.69, 9.17) is 0 Å². The van der Waals surface area contributed by atoms with E-state index in [2.05, 4.69) is 18.6 Å². The first-order chi connectivity index (χ1) is 6.47. The van der Waals surface area contributed by atoms with Crippen LogP contribution in [0.1, 0.15) is 40.0 Å². The van der Waals surface area contributed by atoms with Crippen LogP contribution in [0.3, 0.4) is 0 Å². The fourth-order valence-corrected chi connectivity index (χ4v) is 1.41. The van der Waals surface area contributed by atoms with E-state index in [9.17, 15) is 9.59 Å². The largest absolute Gasteiger partial charge is 0.469 e. The van der Waals surface area contributed by atoms with Crippen molar-refractivity contribution < 1.29 is 14.3 Å². The summed E-state index contributed by atoms with van der Waals surface area (Å²) in [5, 5.41) is 0. The SMILES string of the molecule is COC(=O)CCC(=O)[C@@H](C)CC(C)C. The maximum Gasteiger partial charge on any atom is 0.305 e. The van der Waals surface area contributed by atoms with Crippen molar-refractivity contribution in [3.8, 4) is 0 Å². The third-order valence-electron chi connectivity index (χ3n) is 2.18. The van der Waals surface area contributed by atoms with E-state index in [1.54, 1.807) is 0 Å². The molecule has 0 aliphatic rings. The Morgan fingerprint density at radius 1 is 1.14 bits per heavy atom. The Morgan fingerprint density at radius 2 is 1.71 bits per heavy atom. The van der Waals surface area contributed by atoms with Crippen LogP contribution in [0.15, 0.2) is 0 Å². The van der Waals surface area contributed by atoms with Crippen LogP contribution in [0.2, 0.25) is 0 Å². The number of methoxy groups -OCH3 is 1. The molecule has 0 fully saturated rings. The highest BCUT2D eigenvalue weighted by Crippen LogP contribution is 2.14. The van der Waals surface area contributed by atoms with Crippen molar-refractivity contribution in [1.82, 2.24) is 0 Å². The van der Waals surface area contributed by atoms with E-state index in [-0.39, 0.29) is 24.1 Å². The van der Waals surface area contributed by atoms with Crippen LogP contribution in [0.25, 0.3) is 0 Å². The molecular formula is C11H20O3. The number of ether oxygens (including phenoxy) is 1. The van der Waals surface area contributed by atoms with Crippen LogP contribution in [0, 0.1) is 11.8 Å². The minimum Gasteiger partial charge on any atom is -0.469 e. The topological polar surface area (TPSA) is 43.4 Å². The van der Waals surface area contributed by atoms with Gasteiger partial charge in [0.2, 0.25) is 0 Å². The van der Waals surface area contributed by atoms with Crippen LogP contribution in [-0.2, 0) is 14.3 Å². The number of Topliss-reactive ketones (excluding diaryl/α,β-unsaturated/α-hetero) is 1. The normalized spacial score (nSPS) is 12.6. The standard InChI is InChI=1S/C11H20O3/c1-8(2)7-9(3)10(12)5-6-11(13)14-4/h8-9H,5-7H2,1-4H3/t9-/m0/s1. The second kappa shape index (κ2) is 6.57. The monoisotopic (exact) mass is 200 g/mol. The lowest BCUT2D eigenvalue weighted by atomic mass is 9.93. The molecule has 0 aromatic rings. The summed E-state index contributed by atoms with van der Waals surface area (Å²) in [6, 6.07) is 0. The van der Waals surface area contributed by atoms with Gasteiger partial charge in [-0.05, 0) is 12.3 Å². The van der Waals surface area contributed by atoms with E-state index < -0.39 is 0 Å². The van der Waals surface area contributed by atoms with Crippen molar-refractivity contribution in [2.45, 2.75) is 40.0 Å². The zero-order chi connectivity index (χ0) is 11.1. The Labute approximate surface area is 85.8 Å². The molecule has 0 aromatic heterocycles. The predicted molar refractivity (Wildman–Crippen MR) is 54.9 cm³/mol. The molecule has 0 N–H and O–H groups in total. The molecule has 0 spiro atoms. The summed E-state index contributed by atoms with van der Waals surface area (Å²) in [4.78, 5) is 22.3. The Hall–Kier alpha value is -0.860. The van der Waals surface area contributed by atoms with Gasteiger partial charge in [-0.2, -0.15) is 0 Å². The Balaban J connectivity index is 3.78. The summed E-state index contributed by atoms with van der Waals surface area (Å²) < 4.78 is 4.47. The summed E-state index contributed by atoms with van der Waals surface area (Å²) in [7, 11) is 1.34. The van der Waals surface area contributed by atoms with E-state index in [1.807, 2.05) is 6.92 Å². The van der Waals surface area contributed by atoms with Gasteiger partial charge in [-0.25, -0.2) is 0 Å². The molecule has 0 aromatic carbocycles. The molecule has 0 heterocycles. The van der Waals surface area contributed by atoms with E-state index in [0.29, 0.717) is 12.3 Å². The van der Waals surface area contributed by atoms with Gasteiger partial charge in [0.15, 0.2) is 0 Å². The van der Waals surface area contributed by atoms with Crippen LogP contribution < -0.4 is 0 Å². The van der Waals surface area contributed by atoms with Crippen molar-refractivity contribution in [3.63, 3.8) is 0 Å². The minimum absolute atomic E-state index is 0.0552. The predicted octanol–water partition coefficient (Wildman–Crippen LogP) is 2.19. The van der Waals surface area contributed by atoms with Crippen molar-refractivity contribution in [2.24, 2.45) is 11.8 Å². The van der Waals surface area contributed by atoms with Crippen LogP contribution in [-0.4, -0.2) is 18.9 Å². The average Bonchev–Trinajstić information content (AvgIpc) is 2.12. The van der Waals surface area contributed by atoms with Gasteiger partial charge >= 0.3 is 5.97 Å². The number of rotatable bonds is 6. The minimum atomic E-state index is -0.310. The molecule has 0 aliphatic carbocycles. The number of hydrogen-bond acceptors (Lipinski definition) is 3. The second-order valence-corrected chi connectivity index (χ2v) is 4.07. The molecule has 0 unspecified atom stereocenters. The van der Waals surface area contributed by atoms with Gasteiger partial charge in [-0.1, -0.05) is 20.8 Å². The maximum absolute atomic E-state index is 11.5. The van der Waals surface area contributed by atoms with Crippen LogP contribution in [0.5, 0.6) is 0 Å². The molecule has 82 valence electrons. The summed E-state index contributed by atoms with van der Waals surface area (Å²) in [5.74, 6) is 0.422. The highest BCUT2D eigenvalue weighted by molar-refractivity contribution is 5.84. The first-order valence-electron chi connectivity index (χ1n) is 5.06. The Kier molecular flexibility index (Phi) is 6.17. The zero-order valence-electron chi connectivity index (χ0n) is 9.50. The lowest BCUT2D eigenvalue weighted by molar-refractivity contribution is -0.142. The number of hydrogen-bond donors (Lipinski definition) is 0. The Bertz CT molecular complexity index is 197. The smallest absolute Gasteiger partial charge is 0.305 e. The molecule has 0 rings (SSSR count). The van der Waals surface area contributed by atoms with Crippen molar-refractivity contribution >= 4 is 11.8 Å². The molecular weight excluding hydrogens is 180 g/mol. The first kappa shape index (κ1) is 13.1. The van der Waals surface area contributed by atoms with Gasteiger partial charge in [-0.15, -0.1) is 0 Å². The molecule has 14 heavy (non-hydrogen) atoms. The lowest BCUT2D eigenvalue weighted by Crippen LogP contribution is -2.15. The van der Waals surface area contributed by atoms with Crippen molar-refractivity contribution in [3.05, 3.63) is 0 Å². The molecule has 0 aliphatic heterocycles. The number of esters is 1. The fourth-order valence-electron chi connectivity index (χ4n) is 1.41. The van der Waals surface area contributed by atoms with Gasteiger partial charge in [0.05, 0.1) is 13.5 Å². The van der Waals surface area contributed by atoms with Gasteiger partial charge in [0.25, 0.3) is 0 Å². The molecule has 0 amide bonds. The quantitative estimate of drug-likeness (QED) is 0.617. The number of carbonyl (C=O) groups is 2. The van der Waals surface area contributed by atoms with Crippen molar-refractivity contribution in [2.75, 3.05) is 7.11 Å². The summed E-state index contributed by atoms with van der Waals surface area (Å²) in [6.45, 7) is 6.09. The third-order valence-corrected chi connectivity index (χ3v) is 2.18. The molecule has 0 bridgehead atoms. The molecule has 0 radical (unpaired) electrons. The molecule has 3 nitrogen and oxygen atoms in total. The van der Waals surface area contributed by atoms with E-state index >= 15 is 0 Å². The summed E-state index contributed by atoms with van der Waals surface area (Å²) >= 11 is 0. The van der Waals surface area contributed by atoms with E-state index in [1.165, 1.54) is 7.11 Å². The Morgan fingerprint density at radius 3 is 2.14 bits per heavy atom. The fraction of sp³-hybridized carbons (Fsp3) is 0.818. The highest BCUT2D eigenvalue weighted by atomic mass is 16.5. The van der Waals surface area contributed by atoms with Crippen molar-refractivity contribution in [1.29, 1.82) is 0 Å². The summed E-state index contributed by atoms with van der Waals surface area (Å²) in [6.07, 6.45) is 1.40. The van der Waals surface area contributed by atoms with Gasteiger partial charge in [-0.3, -0.25) is 9.59 Å². The third kappa shape index (κ3) is 5.73. The maximum atomic E-state index is 11.5. The first-order valence-corrected chi connectivity index (χ1v) is 5.06. The van der Waals surface area contributed by atoms with Crippen LogP contribution >= 0.6 is 0 Å². The van der Waals surface area contributed by atoms with Gasteiger partial charge < -0.3 is 4.74 Å². The number of ketones is 1. The lowest BCUT2D eigenvalue weighted by Gasteiger charge is -2.11. The van der Waals surface area contributed by atoms with E-state index in [0.717, 1.165) is 6.42 Å². The molecule has 1 atom stereocenters. The molecule has 0 saturated carbocycles.